The molecule has 2 aliphatic carbocycles. The second kappa shape index (κ2) is 8.01. The minimum atomic E-state index is -1.14. The summed E-state index contributed by atoms with van der Waals surface area (Å²) in [6, 6.07) is 2.26. The molecule has 1 saturated carbocycles. The molecular formula is C19H23N2O3S-. The molecule has 25 heavy (non-hydrogen) atoms. The van der Waals surface area contributed by atoms with Crippen LogP contribution in [-0.4, -0.2) is 11.9 Å². The number of fused-ring (bicyclic) bond motifs is 1. The quantitative estimate of drug-likeness (QED) is 0.898. The van der Waals surface area contributed by atoms with Crippen molar-refractivity contribution in [3.8, 4) is 6.07 Å². The van der Waals surface area contributed by atoms with Gasteiger partial charge in [0.15, 0.2) is 0 Å². The van der Waals surface area contributed by atoms with E-state index in [0.717, 1.165) is 44.1 Å². The average Bonchev–Trinajstić information content (AvgIpc) is 2.90. The van der Waals surface area contributed by atoms with Gasteiger partial charge in [0, 0.05) is 22.7 Å². The number of carboxylic acid groups (broad SMARTS) is 1. The lowest BCUT2D eigenvalue weighted by atomic mass is 9.79. The molecule has 2 atom stereocenters. The number of amides is 1. The van der Waals surface area contributed by atoms with Crippen molar-refractivity contribution >= 4 is 28.2 Å². The van der Waals surface area contributed by atoms with Gasteiger partial charge in [0.2, 0.25) is 5.91 Å². The summed E-state index contributed by atoms with van der Waals surface area (Å²) in [5.41, 5.74) is 1.67. The minimum Gasteiger partial charge on any atom is -0.550 e. The van der Waals surface area contributed by atoms with Crippen LogP contribution < -0.4 is 10.4 Å². The van der Waals surface area contributed by atoms with E-state index in [2.05, 4.69) is 11.4 Å². The van der Waals surface area contributed by atoms with Crippen molar-refractivity contribution in [1.29, 1.82) is 5.26 Å². The Balaban J connectivity index is 1.82. The standard InChI is InChI=1S/C19H24N2O3S/c20-11-15-12-7-3-1-2-4-10-16(12)25-18(15)21-17(22)13-8-5-6-9-14(13)19(23)24/h13-14H,1-10H2,(H,21,22)(H,23,24)/p-1/t13-,14-/m1/s1. The molecule has 1 fully saturated rings. The number of aliphatic carboxylic acids is 1. The summed E-state index contributed by atoms with van der Waals surface area (Å²) in [6.07, 6.45) is 9.14. The van der Waals surface area contributed by atoms with Crippen molar-refractivity contribution in [3.63, 3.8) is 0 Å². The number of rotatable bonds is 3. The summed E-state index contributed by atoms with van der Waals surface area (Å²) < 4.78 is 0. The van der Waals surface area contributed by atoms with Gasteiger partial charge in [-0.25, -0.2) is 0 Å². The van der Waals surface area contributed by atoms with Gasteiger partial charge >= 0.3 is 0 Å². The highest BCUT2D eigenvalue weighted by atomic mass is 32.1. The third-order valence-corrected chi connectivity index (χ3v) is 6.63. The summed E-state index contributed by atoms with van der Waals surface area (Å²) in [4.78, 5) is 25.2. The predicted molar refractivity (Wildman–Crippen MR) is 94.0 cm³/mol. The fourth-order valence-corrected chi connectivity index (χ4v) is 5.30. The molecule has 1 amide bonds. The van der Waals surface area contributed by atoms with Gasteiger partial charge in [0.25, 0.3) is 0 Å². The lowest BCUT2D eigenvalue weighted by Crippen LogP contribution is -2.42. The molecule has 2 aliphatic rings. The summed E-state index contributed by atoms with van der Waals surface area (Å²) in [7, 11) is 0. The van der Waals surface area contributed by atoms with Gasteiger partial charge in [-0.3, -0.25) is 4.79 Å². The van der Waals surface area contributed by atoms with E-state index in [1.807, 2.05) is 0 Å². The molecule has 0 spiro atoms. The fraction of sp³-hybridized carbons (Fsp3) is 0.632. The molecule has 0 radical (unpaired) electrons. The summed E-state index contributed by atoms with van der Waals surface area (Å²) >= 11 is 1.49. The monoisotopic (exact) mass is 359 g/mol. The zero-order chi connectivity index (χ0) is 17.8. The van der Waals surface area contributed by atoms with Crippen LogP contribution in [0.2, 0.25) is 0 Å². The van der Waals surface area contributed by atoms with Crippen LogP contribution in [0.25, 0.3) is 0 Å². The number of nitriles is 1. The summed E-state index contributed by atoms with van der Waals surface area (Å²) in [5, 5.41) is 24.4. The fourth-order valence-electron chi connectivity index (χ4n) is 4.06. The van der Waals surface area contributed by atoms with Crippen molar-refractivity contribution in [2.24, 2.45) is 11.8 Å². The molecule has 1 aromatic heterocycles. The minimum absolute atomic E-state index is 0.278. The van der Waals surface area contributed by atoms with E-state index in [9.17, 15) is 20.0 Å². The van der Waals surface area contributed by atoms with Crippen LogP contribution in [-0.2, 0) is 22.4 Å². The van der Waals surface area contributed by atoms with E-state index in [0.29, 0.717) is 23.4 Å². The Labute approximate surface area is 152 Å². The number of anilines is 1. The van der Waals surface area contributed by atoms with Gasteiger partial charge in [-0.05, 0) is 44.1 Å². The van der Waals surface area contributed by atoms with Crippen LogP contribution in [0.5, 0.6) is 0 Å². The topological polar surface area (TPSA) is 93.0 Å². The van der Waals surface area contributed by atoms with Crippen LogP contribution in [0.15, 0.2) is 0 Å². The van der Waals surface area contributed by atoms with Crippen LogP contribution >= 0.6 is 11.3 Å². The first-order valence-electron chi connectivity index (χ1n) is 9.18. The first-order valence-corrected chi connectivity index (χ1v) is 10.00. The molecule has 1 N–H and O–H groups in total. The van der Waals surface area contributed by atoms with E-state index >= 15 is 0 Å². The zero-order valence-electron chi connectivity index (χ0n) is 14.3. The van der Waals surface area contributed by atoms with Crippen LogP contribution in [0.3, 0.4) is 0 Å². The maximum Gasteiger partial charge on any atom is 0.228 e. The number of carboxylic acids is 1. The van der Waals surface area contributed by atoms with E-state index in [1.165, 1.54) is 29.1 Å². The normalized spacial score (nSPS) is 23.6. The first kappa shape index (κ1) is 17.9. The Morgan fingerprint density at radius 1 is 1.04 bits per heavy atom. The molecule has 134 valence electrons. The predicted octanol–water partition coefficient (Wildman–Crippen LogP) is 2.77. The molecule has 1 aromatic rings. The highest BCUT2D eigenvalue weighted by Crippen LogP contribution is 2.38. The molecule has 3 rings (SSSR count). The van der Waals surface area contributed by atoms with Crippen LogP contribution in [0, 0.1) is 23.2 Å². The number of nitrogens with one attached hydrogen (secondary N) is 1. The van der Waals surface area contributed by atoms with E-state index < -0.39 is 17.8 Å². The zero-order valence-corrected chi connectivity index (χ0v) is 15.1. The van der Waals surface area contributed by atoms with E-state index in [4.69, 9.17) is 0 Å². The van der Waals surface area contributed by atoms with Gasteiger partial charge in [-0.2, -0.15) is 5.26 Å². The van der Waals surface area contributed by atoms with Crippen LogP contribution in [0.4, 0.5) is 5.00 Å². The molecular weight excluding hydrogens is 336 g/mol. The summed E-state index contributed by atoms with van der Waals surface area (Å²) in [5.74, 6) is -2.70. The van der Waals surface area contributed by atoms with Gasteiger partial charge < -0.3 is 15.2 Å². The molecule has 0 unspecified atom stereocenters. The molecule has 6 heteroatoms. The lowest BCUT2D eigenvalue weighted by molar-refractivity contribution is -0.313. The van der Waals surface area contributed by atoms with Crippen molar-refractivity contribution < 1.29 is 14.7 Å². The molecule has 5 nitrogen and oxygen atoms in total. The maximum absolute atomic E-state index is 12.7. The Kier molecular flexibility index (Phi) is 5.74. The van der Waals surface area contributed by atoms with E-state index in [-0.39, 0.29) is 5.91 Å². The number of carbonyl (C=O) groups excluding carboxylic acids is 2. The van der Waals surface area contributed by atoms with Crippen molar-refractivity contribution in [1.82, 2.24) is 0 Å². The Bertz CT molecular complexity index is 704. The molecule has 0 aromatic carbocycles. The van der Waals surface area contributed by atoms with Crippen molar-refractivity contribution in [2.75, 3.05) is 5.32 Å². The highest BCUT2D eigenvalue weighted by Gasteiger charge is 2.32. The Morgan fingerprint density at radius 3 is 2.40 bits per heavy atom. The van der Waals surface area contributed by atoms with Gasteiger partial charge in [-0.1, -0.05) is 25.7 Å². The maximum atomic E-state index is 12.7. The van der Waals surface area contributed by atoms with Gasteiger partial charge in [0.05, 0.1) is 5.56 Å². The van der Waals surface area contributed by atoms with Crippen molar-refractivity contribution in [3.05, 3.63) is 16.0 Å². The highest BCUT2D eigenvalue weighted by molar-refractivity contribution is 7.16. The molecule has 0 bridgehead atoms. The van der Waals surface area contributed by atoms with Gasteiger partial charge in [-0.15, -0.1) is 11.3 Å². The van der Waals surface area contributed by atoms with E-state index in [1.54, 1.807) is 0 Å². The second-order valence-corrected chi connectivity index (χ2v) is 8.14. The van der Waals surface area contributed by atoms with Crippen LogP contribution in [0.1, 0.15) is 67.4 Å². The third-order valence-electron chi connectivity index (χ3n) is 5.43. The number of carbonyl (C=O) groups is 2. The van der Waals surface area contributed by atoms with Crippen molar-refractivity contribution in [2.45, 2.75) is 64.2 Å². The third kappa shape index (κ3) is 3.87. The lowest BCUT2D eigenvalue weighted by Gasteiger charge is -2.31. The Morgan fingerprint density at radius 2 is 1.72 bits per heavy atom. The molecule has 1 heterocycles. The largest absolute Gasteiger partial charge is 0.550 e. The Hall–Kier alpha value is -1.87. The first-order chi connectivity index (χ1) is 12.1. The number of hydrogen-bond donors (Lipinski definition) is 1. The van der Waals surface area contributed by atoms with Gasteiger partial charge in [0.1, 0.15) is 11.1 Å². The SMILES string of the molecule is N#Cc1c(NC(=O)[C@@H]2CCCC[C@H]2C(=O)[O-])sc2c1CCCCCC2. The number of aryl methyl sites for hydroxylation is 1. The average molecular weight is 359 g/mol. The molecule has 0 aliphatic heterocycles. The second-order valence-electron chi connectivity index (χ2n) is 7.04. The summed E-state index contributed by atoms with van der Waals surface area (Å²) in [6.45, 7) is 0. The number of thiophene rings is 1. The molecule has 0 saturated heterocycles. The number of hydrogen-bond acceptors (Lipinski definition) is 5. The number of nitrogens with zero attached hydrogens (tertiary/aromatic N) is 1. The smallest absolute Gasteiger partial charge is 0.228 e.